The van der Waals surface area contributed by atoms with E-state index in [1.165, 1.54) is 24.3 Å². The number of nitrogens with zero attached hydrogens (tertiary/aromatic N) is 1. The molecule has 0 aromatic heterocycles. The van der Waals surface area contributed by atoms with E-state index in [4.69, 9.17) is 0 Å². The van der Waals surface area contributed by atoms with E-state index >= 15 is 0 Å². The Morgan fingerprint density at radius 1 is 1.07 bits per heavy atom. The summed E-state index contributed by atoms with van der Waals surface area (Å²) in [4.78, 5) is 14.4. The van der Waals surface area contributed by atoms with Gasteiger partial charge >= 0.3 is 0 Å². The molecule has 3 nitrogen and oxygen atoms in total. The largest absolute Gasteiger partial charge is 0.339 e. The van der Waals surface area contributed by atoms with E-state index in [-0.39, 0.29) is 29.7 Å². The molecule has 27 heavy (non-hydrogen) atoms. The highest BCUT2D eigenvalue weighted by Crippen LogP contribution is 2.25. The lowest BCUT2D eigenvalue weighted by atomic mass is 9.93. The maximum Gasteiger partial charge on any atom is 0.256 e. The summed E-state index contributed by atoms with van der Waals surface area (Å²) >= 11 is 0. The van der Waals surface area contributed by atoms with Crippen LogP contribution in [0.5, 0.6) is 0 Å². The van der Waals surface area contributed by atoms with Crippen molar-refractivity contribution in [3.63, 3.8) is 0 Å². The van der Waals surface area contributed by atoms with Gasteiger partial charge in [0.25, 0.3) is 5.91 Å². The van der Waals surface area contributed by atoms with E-state index in [0.29, 0.717) is 24.6 Å². The highest BCUT2D eigenvalue weighted by molar-refractivity contribution is 5.95. The van der Waals surface area contributed by atoms with Crippen LogP contribution in [0.25, 0.3) is 11.1 Å². The maximum atomic E-state index is 14.5. The molecule has 1 amide bonds. The van der Waals surface area contributed by atoms with Crippen molar-refractivity contribution in [1.82, 2.24) is 10.2 Å². The Bertz CT molecular complexity index is 759. The third-order valence-electron chi connectivity index (χ3n) is 5.08. The quantitative estimate of drug-likeness (QED) is 0.808. The number of amides is 1. The Morgan fingerprint density at radius 2 is 1.70 bits per heavy atom. The minimum Gasteiger partial charge on any atom is -0.339 e. The van der Waals surface area contributed by atoms with Crippen molar-refractivity contribution in [2.45, 2.75) is 19.3 Å². The SMILES string of the molecule is CNCCC1CCN(C(=O)c2ccc(-c3ccc(F)cc3)cc2F)CC1.Cl. The van der Waals surface area contributed by atoms with E-state index in [1.54, 1.807) is 23.1 Å². The Balaban J connectivity index is 0.00000261. The molecule has 1 N–H and O–H groups in total. The van der Waals surface area contributed by atoms with Gasteiger partial charge in [-0.25, -0.2) is 8.78 Å². The average molecular weight is 395 g/mol. The van der Waals surface area contributed by atoms with Gasteiger partial charge in [-0.1, -0.05) is 18.2 Å². The number of carbonyl (C=O) groups is 1. The van der Waals surface area contributed by atoms with Gasteiger partial charge in [-0.3, -0.25) is 4.79 Å². The van der Waals surface area contributed by atoms with E-state index in [1.807, 2.05) is 7.05 Å². The van der Waals surface area contributed by atoms with Crippen molar-refractivity contribution in [2.24, 2.45) is 5.92 Å². The molecule has 1 heterocycles. The number of benzene rings is 2. The minimum absolute atomic E-state index is 0. The molecule has 146 valence electrons. The molecule has 0 aliphatic carbocycles. The summed E-state index contributed by atoms with van der Waals surface area (Å²) in [5.74, 6) is -0.495. The monoisotopic (exact) mass is 394 g/mol. The average Bonchev–Trinajstić information content (AvgIpc) is 2.67. The normalized spacial score (nSPS) is 14.7. The van der Waals surface area contributed by atoms with Crippen LogP contribution in [0.4, 0.5) is 8.78 Å². The molecule has 0 unspecified atom stereocenters. The lowest BCUT2D eigenvalue weighted by Crippen LogP contribution is -2.39. The molecule has 0 spiro atoms. The summed E-state index contributed by atoms with van der Waals surface area (Å²) in [5, 5.41) is 3.15. The predicted octanol–water partition coefficient (Wildman–Crippen LogP) is 4.52. The van der Waals surface area contributed by atoms with Crippen molar-refractivity contribution < 1.29 is 13.6 Å². The molecule has 0 atom stereocenters. The van der Waals surface area contributed by atoms with Gasteiger partial charge in [0.15, 0.2) is 0 Å². The predicted molar refractivity (Wildman–Crippen MR) is 106 cm³/mol. The van der Waals surface area contributed by atoms with Gasteiger partial charge < -0.3 is 10.2 Å². The molecule has 0 radical (unpaired) electrons. The van der Waals surface area contributed by atoms with E-state index < -0.39 is 5.82 Å². The molecular weight excluding hydrogens is 370 g/mol. The van der Waals surface area contributed by atoms with Crippen LogP contribution >= 0.6 is 12.4 Å². The van der Waals surface area contributed by atoms with Crippen molar-refractivity contribution in [3.8, 4) is 11.1 Å². The van der Waals surface area contributed by atoms with Gasteiger partial charge in [-0.2, -0.15) is 0 Å². The van der Waals surface area contributed by atoms with Crippen LogP contribution in [0.1, 0.15) is 29.6 Å². The molecule has 6 heteroatoms. The topological polar surface area (TPSA) is 32.3 Å². The Labute approximate surface area is 165 Å². The smallest absolute Gasteiger partial charge is 0.256 e. The zero-order valence-corrected chi connectivity index (χ0v) is 16.2. The third-order valence-corrected chi connectivity index (χ3v) is 5.08. The molecule has 2 aromatic carbocycles. The lowest BCUT2D eigenvalue weighted by molar-refractivity contribution is 0.0682. The first-order valence-corrected chi connectivity index (χ1v) is 9.08. The Morgan fingerprint density at radius 3 is 2.30 bits per heavy atom. The van der Waals surface area contributed by atoms with Crippen LogP contribution in [0.3, 0.4) is 0 Å². The number of piperidine rings is 1. The molecule has 1 fully saturated rings. The van der Waals surface area contributed by atoms with Gasteiger partial charge in [0, 0.05) is 13.1 Å². The first kappa shape index (κ1) is 21.3. The highest BCUT2D eigenvalue weighted by Gasteiger charge is 2.25. The summed E-state index contributed by atoms with van der Waals surface area (Å²) in [5.41, 5.74) is 1.45. The van der Waals surface area contributed by atoms with Gasteiger partial charge in [0.2, 0.25) is 0 Å². The van der Waals surface area contributed by atoms with E-state index in [0.717, 1.165) is 31.4 Å². The van der Waals surface area contributed by atoms with E-state index in [9.17, 15) is 13.6 Å². The van der Waals surface area contributed by atoms with Gasteiger partial charge in [-0.15, -0.1) is 12.4 Å². The fourth-order valence-electron chi connectivity index (χ4n) is 3.45. The number of nitrogens with one attached hydrogen (secondary N) is 1. The van der Waals surface area contributed by atoms with Crippen LogP contribution in [0.2, 0.25) is 0 Å². The standard InChI is InChI=1S/C21H24F2N2O.ClH/c1-24-11-8-15-9-12-25(13-10-15)21(26)19-7-4-17(14-20(19)23)16-2-5-18(22)6-3-16;/h2-7,14-15,24H,8-13H2,1H3;1H. The molecule has 0 bridgehead atoms. The number of hydrogen-bond donors (Lipinski definition) is 1. The van der Waals surface area contributed by atoms with Gasteiger partial charge in [-0.05, 0) is 74.2 Å². The molecule has 1 saturated heterocycles. The van der Waals surface area contributed by atoms with Crippen LogP contribution in [-0.2, 0) is 0 Å². The zero-order chi connectivity index (χ0) is 18.5. The number of rotatable bonds is 5. The third kappa shape index (κ3) is 5.27. The summed E-state index contributed by atoms with van der Waals surface area (Å²) in [6, 6.07) is 10.5. The van der Waals surface area contributed by atoms with Crippen molar-refractivity contribution >= 4 is 18.3 Å². The van der Waals surface area contributed by atoms with Gasteiger partial charge in [0.05, 0.1) is 5.56 Å². The summed E-state index contributed by atoms with van der Waals surface area (Å²) in [6.07, 6.45) is 3.03. The second kappa shape index (κ2) is 9.81. The first-order chi connectivity index (χ1) is 12.6. The zero-order valence-electron chi connectivity index (χ0n) is 15.4. The minimum atomic E-state index is -0.533. The highest BCUT2D eigenvalue weighted by atomic mass is 35.5. The fourth-order valence-corrected chi connectivity index (χ4v) is 3.45. The summed E-state index contributed by atoms with van der Waals surface area (Å²) < 4.78 is 27.6. The number of hydrogen-bond acceptors (Lipinski definition) is 2. The van der Waals surface area contributed by atoms with Crippen LogP contribution < -0.4 is 5.32 Å². The molecular formula is C21H25ClF2N2O. The van der Waals surface area contributed by atoms with Crippen LogP contribution in [-0.4, -0.2) is 37.5 Å². The lowest BCUT2D eigenvalue weighted by Gasteiger charge is -2.32. The molecule has 2 aromatic rings. The van der Waals surface area contributed by atoms with Gasteiger partial charge in [0.1, 0.15) is 11.6 Å². The van der Waals surface area contributed by atoms with Crippen molar-refractivity contribution in [3.05, 3.63) is 59.7 Å². The molecule has 1 aliphatic rings. The summed E-state index contributed by atoms with van der Waals surface area (Å²) in [7, 11) is 1.94. The summed E-state index contributed by atoms with van der Waals surface area (Å²) in [6.45, 7) is 2.33. The number of halogens is 3. The van der Waals surface area contributed by atoms with Crippen molar-refractivity contribution in [1.29, 1.82) is 0 Å². The maximum absolute atomic E-state index is 14.5. The first-order valence-electron chi connectivity index (χ1n) is 9.08. The molecule has 0 saturated carbocycles. The Hall–Kier alpha value is -1.98. The van der Waals surface area contributed by atoms with Crippen LogP contribution in [0.15, 0.2) is 42.5 Å². The number of carbonyl (C=O) groups excluding carboxylic acids is 1. The molecule has 1 aliphatic heterocycles. The fraction of sp³-hybridized carbons (Fsp3) is 0.381. The second-order valence-electron chi connectivity index (χ2n) is 6.83. The molecule has 3 rings (SSSR count). The van der Waals surface area contributed by atoms with E-state index in [2.05, 4.69) is 5.32 Å². The Kier molecular flexibility index (Phi) is 7.75. The number of likely N-dealkylation sites (tertiary alicyclic amines) is 1. The second-order valence-corrected chi connectivity index (χ2v) is 6.83. The van der Waals surface area contributed by atoms with Crippen LogP contribution in [0, 0.1) is 17.6 Å². The van der Waals surface area contributed by atoms with Crippen molar-refractivity contribution in [2.75, 3.05) is 26.7 Å².